The van der Waals surface area contributed by atoms with E-state index in [0.29, 0.717) is 26.8 Å². The van der Waals surface area contributed by atoms with Gasteiger partial charge in [0.05, 0.1) is 16.5 Å². The van der Waals surface area contributed by atoms with E-state index in [-0.39, 0.29) is 30.1 Å². The second-order valence-electron chi connectivity index (χ2n) is 7.32. The highest BCUT2D eigenvalue weighted by Gasteiger charge is 2.35. The summed E-state index contributed by atoms with van der Waals surface area (Å²) in [7, 11) is 0. The smallest absolute Gasteiger partial charge is 0.293 e. The number of amides is 2. The molecule has 0 unspecified atom stereocenters. The van der Waals surface area contributed by atoms with E-state index in [0.717, 1.165) is 22.9 Å². The molecule has 3 aromatic carbocycles. The van der Waals surface area contributed by atoms with E-state index < -0.39 is 0 Å². The van der Waals surface area contributed by atoms with Crippen molar-refractivity contribution in [2.45, 2.75) is 20.1 Å². The molecule has 3 aromatic rings. The summed E-state index contributed by atoms with van der Waals surface area (Å²) in [5.74, 6) is -0.280. The van der Waals surface area contributed by atoms with Gasteiger partial charge in [0.2, 0.25) is 0 Å². The molecule has 1 fully saturated rings. The van der Waals surface area contributed by atoms with E-state index in [2.05, 4.69) is 0 Å². The van der Waals surface area contributed by atoms with Gasteiger partial charge in [0, 0.05) is 5.56 Å². The Labute approximate surface area is 194 Å². The van der Waals surface area contributed by atoms with Gasteiger partial charge < -0.3 is 4.74 Å². The Balaban J connectivity index is 1.45. The summed E-state index contributed by atoms with van der Waals surface area (Å²) in [6.45, 7) is 2.25. The minimum absolute atomic E-state index is 0.0453. The number of nitrogens with zero attached hydrogens (tertiary/aromatic N) is 1. The molecule has 7 heteroatoms. The monoisotopic (exact) mass is 467 g/mol. The van der Waals surface area contributed by atoms with Gasteiger partial charge in [0.15, 0.2) is 0 Å². The lowest BCUT2D eigenvalue weighted by Crippen LogP contribution is -2.27. The molecule has 0 saturated carbocycles. The number of thioether (sulfide) groups is 1. The molecule has 32 heavy (non-hydrogen) atoms. The third kappa shape index (κ3) is 5.03. The molecule has 0 aliphatic carbocycles. The van der Waals surface area contributed by atoms with E-state index in [9.17, 15) is 14.0 Å². The zero-order valence-corrected chi connectivity index (χ0v) is 18.8. The van der Waals surface area contributed by atoms with Crippen molar-refractivity contribution in [3.8, 4) is 5.75 Å². The van der Waals surface area contributed by atoms with Crippen LogP contribution in [0, 0.1) is 12.7 Å². The molecule has 0 aromatic heterocycles. The minimum atomic E-state index is -0.346. The van der Waals surface area contributed by atoms with E-state index in [1.165, 1.54) is 11.0 Å². The number of carbonyl (C=O) groups is 2. The molecule has 162 valence electrons. The lowest BCUT2D eigenvalue weighted by molar-refractivity contribution is -0.123. The Kier molecular flexibility index (Phi) is 6.63. The number of carbonyl (C=O) groups excluding carboxylic acids is 2. The zero-order valence-electron chi connectivity index (χ0n) is 17.2. The number of imide groups is 1. The van der Waals surface area contributed by atoms with Crippen molar-refractivity contribution in [1.82, 2.24) is 4.90 Å². The Morgan fingerprint density at radius 1 is 1.06 bits per heavy atom. The topological polar surface area (TPSA) is 46.6 Å². The van der Waals surface area contributed by atoms with Crippen molar-refractivity contribution >= 4 is 40.6 Å². The predicted octanol–water partition coefficient (Wildman–Crippen LogP) is 6.60. The quantitative estimate of drug-likeness (QED) is 0.383. The van der Waals surface area contributed by atoms with Crippen LogP contribution in [0.2, 0.25) is 5.02 Å². The standard InChI is InChI=1S/C25H19ClFNO3S/c1-16-6-8-17(9-7-16)14-28-24(29)23(32-25(28)30)13-18-10-11-22(20(26)12-18)31-15-19-4-2-3-5-21(19)27/h2-13H,14-15H2,1H3/b23-13-. The molecule has 1 saturated heterocycles. The normalized spacial score (nSPS) is 15.0. The first-order chi connectivity index (χ1) is 15.4. The van der Waals surface area contributed by atoms with Gasteiger partial charge in [-0.25, -0.2) is 4.39 Å². The van der Waals surface area contributed by atoms with Gasteiger partial charge in [-0.05, 0) is 54.1 Å². The molecule has 4 nitrogen and oxygen atoms in total. The van der Waals surface area contributed by atoms with E-state index in [1.54, 1.807) is 42.5 Å². The van der Waals surface area contributed by atoms with E-state index >= 15 is 0 Å². The summed E-state index contributed by atoms with van der Waals surface area (Å²) in [6, 6.07) is 19.1. The summed E-state index contributed by atoms with van der Waals surface area (Å²) in [5, 5.41) is 0.0201. The Bertz CT molecular complexity index is 1210. The first-order valence-corrected chi connectivity index (χ1v) is 11.1. The molecule has 0 spiro atoms. The fourth-order valence-electron chi connectivity index (χ4n) is 3.16. The third-order valence-electron chi connectivity index (χ3n) is 4.93. The second kappa shape index (κ2) is 9.59. The lowest BCUT2D eigenvalue weighted by Gasteiger charge is -2.12. The van der Waals surface area contributed by atoms with Crippen LogP contribution >= 0.6 is 23.4 Å². The summed E-state index contributed by atoms with van der Waals surface area (Å²) < 4.78 is 19.4. The average Bonchev–Trinajstić information content (AvgIpc) is 3.03. The highest BCUT2D eigenvalue weighted by atomic mass is 35.5. The molecule has 4 rings (SSSR count). The van der Waals surface area contributed by atoms with Crippen molar-refractivity contribution in [2.24, 2.45) is 0 Å². The fraction of sp³-hybridized carbons (Fsp3) is 0.120. The lowest BCUT2D eigenvalue weighted by atomic mass is 10.1. The molecule has 1 aliphatic rings. The number of rotatable bonds is 6. The number of aryl methyl sites for hydroxylation is 1. The van der Waals surface area contributed by atoms with Crippen molar-refractivity contribution in [1.29, 1.82) is 0 Å². The maximum atomic E-state index is 13.8. The van der Waals surface area contributed by atoms with Gasteiger partial charge in [-0.2, -0.15) is 0 Å². The molecule has 0 N–H and O–H groups in total. The minimum Gasteiger partial charge on any atom is -0.487 e. The van der Waals surface area contributed by atoms with Crippen molar-refractivity contribution in [2.75, 3.05) is 0 Å². The Hall–Kier alpha value is -3.09. The first-order valence-electron chi connectivity index (χ1n) is 9.87. The van der Waals surface area contributed by atoms with Crippen LogP contribution in [0.15, 0.2) is 71.6 Å². The van der Waals surface area contributed by atoms with Crippen LogP contribution in [-0.4, -0.2) is 16.0 Å². The SMILES string of the molecule is Cc1ccc(CN2C(=O)S/C(=C\c3ccc(OCc4ccccc4F)c(Cl)c3)C2=O)cc1. The van der Waals surface area contributed by atoms with Gasteiger partial charge in [-0.1, -0.05) is 65.7 Å². The van der Waals surface area contributed by atoms with Crippen LogP contribution in [0.3, 0.4) is 0 Å². The molecule has 0 radical (unpaired) electrons. The summed E-state index contributed by atoms with van der Waals surface area (Å²) in [4.78, 5) is 26.7. The first kappa shape index (κ1) is 22.1. The van der Waals surface area contributed by atoms with Crippen LogP contribution in [0.4, 0.5) is 9.18 Å². The van der Waals surface area contributed by atoms with Crippen LogP contribution in [0.25, 0.3) is 6.08 Å². The highest BCUT2D eigenvalue weighted by Crippen LogP contribution is 2.34. The Morgan fingerprint density at radius 3 is 2.53 bits per heavy atom. The number of ether oxygens (including phenoxy) is 1. The summed E-state index contributed by atoms with van der Waals surface area (Å²) >= 11 is 7.22. The summed E-state index contributed by atoms with van der Waals surface area (Å²) in [6.07, 6.45) is 1.63. The fourth-order valence-corrected chi connectivity index (χ4v) is 4.24. The van der Waals surface area contributed by atoms with Gasteiger partial charge in [-0.3, -0.25) is 14.5 Å². The number of hydrogen-bond acceptors (Lipinski definition) is 4. The second-order valence-corrected chi connectivity index (χ2v) is 8.72. The maximum Gasteiger partial charge on any atom is 0.293 e. The molecule has 1 aliphatic heterocycles. The predicted molar refractivity (Wildman–Crippen MR) is 125 cm³/mol. The highest BCUT2D eigenvalue weighted by molar-refractivity contribution is 8.18. The average molecular weight is 468 g/mol. The Morgan fingerprint density at radius 2 is 1.81 bits per heavy atom. The molecule has 0 atom stereocenters. The van der Waals surface area contributed by atoms with Crippen molar-refractivity contribution in [3.63, 3.8) is 0 Å². The third-order valence-corrected chi connectivity index (χ3v) is 6.13. The summed E-state index contributed by atoms with van der Waals surface area (Å²) in [5.41, 5.74) is 3.09. The van der Waals surface area contributed by atoms with E-state index in [4.69, 9.17) is 16.3 Å². The number of halogens is 2. The number of hydrogen-bond donors (Lipinski definition) is 0. The molecule has 1 heterocycles. The molecular weight excluding hydrogens is 449 g/mol. The van der Waals surface area contributed by atoms with Gasteiger partial charge >= 0.3 is 0 Å². The van der Waals surface area contributed by atoms with Crippen LogP contribution < -0.4 is 4.74 Å². The van der Waals surface area contributed by atoms with Crippen molar-refractivity contribution < 1.29 is 18.7 Å². The van der Waals surface area contributed by atoms with Crippen LogP contribution in [-0.2, 0) is 17.9 Å². The van der Waals surface area contributed by atoms with Crippen molar-refractivity contribution in [3.05, 3.63) is 105 Å². The molecular formula is C25H19ClFNO3S. The van der Waals surface area contributed by atoms with Gasteiger partial charge in [-0.15, -0.1) is 0 Å². The van der Waals surface area contributed by atoms with Gasteiger partial charge in [0.1, 0.15) is 18.2 Å². The van der Waals surface area contributed by atoms with Crippen LogP contribution in [0.1, 0.15) is 22.3 Å². The number of benzene rings is 3. The van der Waals surface area contributed by atoms with Gasteiger partial charge in [0.25, 0.3) is 11.1 Å². The largest absolute Gasteiger partial charge is 0.487 e. The molecule has 2 amide bonds. The maximum absolute atomic E-state index is 13.8. The molecule has 0 bridgehead atoms. The zero-order chi connectivity index (χ0) is 22.7. The van der Waals surface area contributed by atoms with E-state index in [1.807, 2.05) is 31.2 Å². The van der Waals surface area contributed by atoms with Crippen LogP contribution in [0.5, 0.6) is 5.75 Å².